The van der Waals surface area contributed by atoms with E-state index in [4.69, 9.17) is 22.1 Å². The molecule has 0 spiro atoms. The molecule has 0 aliphatic carbocycles. The largest absolute Gasteiger partial charge is 0.489 e. The summed E-state index contributed by atoms with van der Waals surface area (Å²) in [5, 5.41) is 0.704. The van der Waals surface area contributed by atoms with E-state index in [0.717, 1.165) is 5.56 Å². The van der Waals surface area contributed by atoms with Crippen LogP contribution < -0.4 is 10.5 Å². The second-order valence-corrected chi connectivity index (χ2v) is 3.77. The summed E-state index contributed by atoms with van der Waals surface area (Å²) in [5.41, 5.74) is 6.56. The van der Waals surface area contributed by atoms with Gasteiger partial charge < -0.3 is 10.5 Å². The number of halogens is 1. The molecule has 0 aliphatic rings. The molecule has 0 aliphatic heterocycles. The molecule has 0 saturated carbocycles. The molecule has 1 aromatic carbocycles. The highest BCUT2D eigenvalue weighted by Crippen LogP contribution is 2.16. The third-order valence-electron chi connectivity index (χ3n) is 2.05. The highest BCUT2D eigenvalue weighted by Gasteiger charge is 1.97. The van der Waals surface area contributed by atoms with Gasteiger partial charge in [0, 0.05) is 17.3 Å². The molecule has 16 heavy (non-hydrogen) atoms. The maximum atomic E-state index is 5.87. The molecule has 2 N–H and O–H groups in total. The van der Waals surface area contributed by atoms with Crippen molar-refractivity contribution < 1.29 is 4.74 Å². The van der Waals surface area contributed by atoms with E-state index in [-0.39, 0.29) is 0 Å². The SMILES string of the molecule is Nc1cc(OCc2cccc(Cl)c2)ccn1. The van der Waals surface area contributed by atoms with E-state index in [2.05, 4.69) is 4.98 Å². The fourth-order valence-corrected chi connectivity index (χ4v) is 1.52. The van der Waals surface area contributed by atoms with E-state index in [0.29, 0.717) is 23.2 Å². The van der Waals surface area contributed by atoms with Crippen LogP contribution in [0, 0.1) is 0 Å². The van der Waals surface area contributed by atoms with Crippen LogP contribution in [0.15, 0.2) is 42.6 Å². The molecule has 0 unspecified atom stereocenters. The van der Waals surface area contributed by atoms with E-state index < -0.39 is 0 Å². The molecule has 82 valence electrons. The summed E-state index contributed by atoms with van der Waals surface area (Å²) in [6.07, 6.45) is 1.61. The second-order valence-electron chi connectivity index (χ2n) is 3.34. The van der Waals surface area contributed by atoms with Crippen molar-refractivity contribution in [3.63, 3.8) is 0 Å². The minimum absolute atomic E-state index is 0.448. The number of nitrogen functional groups attached to an aromatic ring is 1. The van der Waals surface area contributed by atoms with Crippen molar-refractivity contribution >= 4 is 17.4 Å². The Labute approximate surface area is 98.8 Å². The summed E-state index contributed by atoms with van der Waals surface area (Å²) in [5.74, 6) is 1.15. The lowest BCUT2D eigenvalue weighted by molar-refractivity contribution is 0.306. The van der Waals surface area contributed by atoms with Gasteiger partial charge in [-0.2, -0.15) is 0 Å². The van der Waals surface area contributed by atoms with Gasteiger partial charge >= 0.3 is 0 Å². The third-order valence-corrected chi connectivity index (χ3v) is 2.28. The van der Waals surface area contributed by atoms with E-state index in [1.807, 2.05) is 24.3 Å². The number of hydrogen-bond donors (Lipinski definition) is 1. The topological polar surface area (TPSA) is 48.1 Å². The van der Waals surface area contributed by atoms with Crippen LogP contribution in [0.5, 0.6) is 5.75 Å². The Morgan fingerprint density at radius 1 is 1.25 bits per heavy atom. The first-order valence-corrected chi connectivity index (χ1v) is 5.20. The van der Waals surface area contributed by atoms with Gasteiger partial charge in [-0.3, -0.25) is 0 Å². The van der Waals surface area contributed by atoms with Gasteiger partial charge in [0.05, 0.1) is 0 Å². The summed E-state index contributed by atoms with van der Waals surface area (Å²) in [6, 6.07) is 11.0. The fraction of sp³-hybridized carbons (Fsp3) is 0.0833. The normalized spacial score (nSPS) is 10.1. The number of rotatable bonds is 3. The number of hydrogen-bond acceptors (Lipinski definition) is 3. The number of aromatic nitrogens is 1. The molecule has 0 radical (unpaired) electrons. The molecule has 1 heterocycles. The molecule has 3 nitrogen and oxygen atoms in total. The lowest BCUT2D eigenvalue weighted by atomic mass is 10.2. The van der Waals surface area contributed by atoms with Crippen molar-refractivity contribution in [1.29, 1.82) is 0 Å². The maximum absolute atomic E-state index is 5.87. The molecule has 2 aromatic rings. The standard InChI is InChI=1S/C12H11ClN2O/c13-10-3-1-2-9(6-10)8-16-11-4-5-15-12(14)7-11/h1-7H,8H2,(H2,14,15). The molecule has 2 rings (SSSR count). The zero-order chi connectivity index (χ0) is 11.4. The monoisotopic (exact) mass is 234 g/mol. The predicted molar refractivity (Wildman–Crippen MR) is 64.4 cm³/mol. The van der Waals surface area contributed by atoms with E-state index in [1.165, 1.54) is 0 Å². The second kappa shape index (κ2) is 4.86. The maximum Gasteiger partial charge on any atom is 0.126 e. The zero-order valence-corrected chi connectivity index (χ0v) is 9.32. The number of ether oxygens (including phenoxy) is 1. The molecule has 0 atom stereocenters. The summed E-state index contributed by atoms with van der Waals surface area (Å²) in [6.45, 7) is 0.462. The van der Waals surface area contributed by atoms with Gasteiger partial charge in [-0.1, -0.05) is 23.7 Å². The van der Waals surface area contributed by atoms with Gasteiger partial charge in [0.25, 0.3) is 0 Å². The summed E-state index contributed by atoms with van der Waals surface area (Å²) >= 11 is 5.87. The Hall–Kier alpha value is -1.74. The minimum atomic E-state index is 0.448. The molecule has 1 aromatic heterocycles. The molecule has 0 bridgehead atoms. The number of pyridine rings is 1. The van der Waals surface area contributed by atoms with E-state index in [9.17, 15) is 0 Å². The minimum Gasteiger partial charge on any atom is -0.489 e. The van der Waals surface area contributed by atoms with E-state index in [1.54, 1.807) is 18.3 Å². The predicted octanol–water partition coefficient (Wildman–Crippen LogP) is 2.90. The highest BCUT2D eigenvalue weighted by molar-refractivity contribution is 6.30. The smallest absolute Gasteiger partial charge is 0.126 e. The first-order chi connectivity index (χ1) is 7.74. The molecular formula is C12H11ClN2O. The van der Waals surface area contributed by atoms with Crippen molar-refractivity contribution in [2.45, 2.75) is 6.61 Å². The Morgan fingerprint density at radius 3 is 2.88 bits per heavy atom. The quantitative estimate of drug-likeness (QED) is 0.888. The van der Waals surface area contributed by atoms with E-state index >= 15 is 0 Å². The van der Waals surface area contributed by atoms with Crippen LogP contribution >= 0.6 is 11.6 Å². The van der Waals surface area contributed by atoms with Crippen LogP contribution in [0.4, 0.5) is 5.82 Å². The van der Waals surface area contributed by atoms with Crippen LogP contribution in [-0.2, 0) is 6.61 Å². The van der Waals surface area contributed by atoms with Crippen LogP contribution in [0.1, 0.15) is 5.56 Å². The van der Waals surface area contributed by atoms with Crippen LogP contribution in [-0.4, -0.2) is 4.98 Å². The Balaban J connectivity index is 2.02. The number of nitrogens with zero attached hydrogens (tertiary/aromatic N) is 1. The Morgan fingerprint density at radius 2 is 2.12 bits per heavy atom. The molecule has 0 saturated heterocycles. The van der Waals surface area contributed by atoms with Gasteiger partial charge in [-0.15, -0.1) is 0 Å². The molecule has 0 fully saturated rings. The average Bonchev–Trinajstić information content (AvgIpc) is 2.27. The number of anilines is 1. The van der Waals surface area contributed by atoms with Crippen molar-refractivity contribution in [3.05, 3.63) is 53.2 Å². The summed E-state index contributed by atoms with van der Waals surface area (Å²) in [7, 11) is 0. The van der Waals surface area contributed by atoms with Crippen LogP contribution in [0.3, 0.4) is 0 Å². The average molecular weight is 235 g/mol. The first kappa shape index (κ1) is 10.8. The molecule has 4 heteroatoms. The van der Waals surface area contributed by atoms with Gasteiger partial charge in [0.1, 0.15) is 18.2 Å². The lowest BCUT2D eigenvalue weighted by Crippen LogP contribution is -1.97. The Kier molecular flexibility index (Phi) is 3.27. The van der Waals surface area contributed by atoms with Gasteiger partial charge in [-0.25, -0.2) is 4.98 Å². The third kappa shape index (κ3) is 2.87. The summed E-state index contributed by atoms with van der Waals surface area (Å²) in [4.78, 5) is 3.89. The first-order valence-electron chi connectivity index (χ1n) is 4.83. The van der Waals surface area contributed by atoms with Crippen molar-refractivity contribution in [3.8, 4) is 5.75 Å². The van der Waals surface area contributed by atoms with Gasteiger partial charge in [0.15, 0.2) is 0 Å². The van der Waals surface area contributed by atoms with Gasteiger partial charge in [0.2, 0.25) is 0 Å². The van der Waals surface area contributed by atoms with Crippen LogP contribution in [0.2, 0.25) is 5.02 Å². The lowest BCUT2D eigenvalue weighted by Gasteiger charge is -2.06. The van der Waals surface area contributed by atoms with Crippen molar-refractivity contribution in [2.24, 2.45) is 0 Å². The van der Waals surface area contributed by atoms with Crippen molar-refractivity contribution in [1.82, 2.24) is 4.98 Å². The zero-order valence-electron chi connectivity index (χ0n) is 8.56. The highest BCUT2D eigenvalue weighted by atomic mass is 35.5. The number of nitrogens with two attached hydrogens (primary N) is 1. The molecule has 0 amide bonds. The Bertz CT molecular complexity index is 442. The molecular weight excluding hydrogens is 224 g/mol. The summed E-state index contributed by atoms with van der Waals surface area (Å²) < 4.78 is 5.55. The number of benzene rings is 1. The fourth-order valence-electron chi connectivity index (χ4n) is 1.31. The van der Waals surface area contributed by atoms with Crippen molar-refractivity contribution in [2.75, 3.05) is 5.73 Å². The van der Waals surface area contributed by atoms with Crippen LogP contribution in [0.25, 0.3) is 0 Å². The van der Waals surface area contributed by atoms with Gasteiger partial charge in [-0.05, 0) is 23.8 Å².